The number of carboxylic acids is 1. The van der Waals surface area contributed by atoms with Crippen LogP contribution < -0.4 is 0 Å². The van der Waals surface area contributed by atoms with Crippen molar-refractivity contribution in [1.29, 1.82) is 0 Å². The number of hydrogen-bond donors (Lipinski definition) is 1. The minimum atomic E-state index is -1.05. The summed E-state index contributed by atoms with van der Waals surface area (Å²) in [6, 6.07) is 11.4. The molecule has 1 N–H and O–H groups in total. The van der Waals surface area contributed by atoms with Gasteiger partial charge in [-0.15, -0.1) is 0 Å². The van der Waals surface area contributed by atoms with Crippen molar-refractivity contribution >= 4 is 11.6 Å². The van der Waals surface area contributed by atoms with Crippen LogP contribution in [0.3, 0.4) is 0 Å². The Hall–Kier alpha value is -3.48. The zero-order valence-electron chi connectivity index (χ0n) is 16.3. The number of carbonyl (C=O) groups is 1. The van der Waals surface area contributed by atoms with Crippen LogP contribution in [-0.4, -0.2) is 35.5 Å². The van der Waals surface area contributed by atoms with E-state index in [4.69, 9.17) is 4.98 Å². The lowest BCUT2D eigenvalue weighted by molar-refractivity contribution is 0.0687. The molecular formula is C21H21N5O2. The second-order valence-electron chi connectivity index (χ2n) is 6.76. The smallest absolute Gasteiger partial charge is 0.354 e. The van der Waals surface area contributed by atoms with Gasteiger partial charge < -0.3 is 5.11 Å². The van der Waals surface area contributed by atoms with Gasteiger partial charge in [-0.25, -0.2) is 14.3 Å². The fraction of sp³-hybridized carbons (Fsp3) is 0.238. The Morgan fingerprint density at radius 1 is 1.04 bits per heavy atom. The van der Waals surface area contributed by atoms with Gasteiger partial charge >= 0.3 is 5.97 Å². The molecule has 0 aliphatic rings. The van der Waals surface area contributed by atoms with Gasteiger partial charge in [0.25, 0.3) is 0 Å². The normalized spacial score (nSPS) is 11.3. The van der Waals surface area contributed by atoms with E-state index in [1.54, 1.807) is 6.07 Å². The highest BCUT2D eigenvalue weighted by molar-refractivity contribution is 5.91. The minimum absolute atomic E-state index is 0.0772. The molecule has 0 saturated heterocycles. The Bertz CT molecular complexity index is 1200. The number of aromatic carboxylic acids is 1. The molecular weight excluding hydrogens is 354 g/mol. The predicted octanol–water partition coefficient (Wildman–Crippen LogP) is 3.90. The van der Waals surface area contributed by atoms with Gasteiger partial charge in [-0.1, -0.05) is 30.3 Å². The van der Waals surface area contributed by atoms with Gasteiger partial charge in [0.15, 0.2) is 11.3 Å². The molecule has 4 rings (SSSR count). The van der Waals surface area contributed by atoms with E-state index < -0.39 is 5.97 Å². The first kappa shape index (κ1) is 17.9. The van der Waals surface area contributed by atoms with Crippen LogP contribution in [-0.2, 0) is 6.54 Å². The SMILES string of the molecule is CCn1nc(C)c(-c2cc(C(=O)O)n3nc(C)c(-c4ccccc4)c3n2)c1C. The topological polar surface area (TPSA) is 85.3 Å². The summed E-state index contributed by atoms with van der Waals surface area (Å²) >= 11 is 0. The van der Waals surface area contributed by atoms with Crippen molar-refractivity contribution in [3.05, 3.63) is 59.2 Å². The average Bonchev–Trinajstić information content (AvgIpc) is 3.16. The van der Waals surface area contributed by atoms with E-state index in [9.17, 15) is 9.90 Å². The minimum Gasteiger partial charge on any atom is -0.477 e. The Morgan fingerprint density at radius 3 is 2.32 bits per heavy atom. The lowest BCUT2D eigenvalue weighted by Gasteiger charge is -2.07. The van der Waals surface area contributed by atoms with Gasteiger partial charge in [0, 0.05) is 23.4 Å². The fourth-order valence-electron chi connectivity index (χ4n) is 3.72. The third-order valence-corrected chi connectivity index (χ3v) is 4.98. The van der Waals surface area contributed by atoms with Crippen molar-refractivity contribution in [3.8, 4) is 22.4 Å². The molecule has 0 unspecified atom stereocenters. The van der Waals surface area contributed by atoms with E-state index in [0.29, 0.717) is 11.3 Å². The van der Waals surface area contributed by atoms with Crippen molar-refractivity contribution in [2.24, 2.45) is 0 Å². The number of carboxylic acid groups (broad SMARTS) is 1. The van der Waals surface area contributed by atoms with E-state index in [1.165, 1.54) is 4.52 Å². The summed E-state index contributed by atoms with van der Waals surface area (Å²) in [5.41, 5.74) is 6.37. The predicted molar refractivity (Wildman–Crippen MR) is 106 cm³/mol. The largest absolute Gasteiger partial charge is 0.477 e. The standard InChI is InChI=1S/C21H21N5O2/c1-5-25-14(4)18(12(2)23-25)16-11-17(21(27)28)26-20(22-16)19(13(3)24-26)15-9-7-6-8-10-15/h6-11H,5H2,1-4H3,(H,27,28). The molecule has 7 nitrogen and oxygen atoms in total. The lowest BCUT2D eigenvalue weighted by Crippen LogP contribution is -2.09. The zero-order chi connectivity index (χ0) is 20.0. The number of aryl methyl sites for hydroxylation is 3. The summed E-state index contributed by atoms with van der Waals surface area (Å²) in [6.07, 6.45) is 0. The molecule has 7 heteroatoms. The molecule has 28 heavy (non-hydrogen) atoms. The second-order valence-corrected chi connectivity index (χ2v) is 6.76. The summed E-state index contributed by atoms with van der Waals surface area (Å²) in [6.45, 7) is 8.53. The van der Waals surface area contributed by atoms with Crippen LogP contribution in [0.15, 0.2) is 36.4 Å². The molecule has 0 amide bonds. The summed E-state index contributed by atoms with van der Waals surface area (Å²) in [5, 5.41) is 18.8. The number of benzene rings is 1. The van der Waals surface area contributed by atoms with E-state index in [1.807, 2.05) is 62.7 Å². The van der Waals surface area contributed by atoms with Crippen LogP contribution in [0, 0.1) is 20.8 Å². The second kappa shape index (κ2) is 6.60. The maximum atomic E-state index is 12.0. The molecule has 1 aromatic carbocycles. The summed E-state index contributed by atoms with van der Waals surface area (Å²) < 4.78 is 3.31. The molecule has 0 aliphatic heterocycles. The van der Waals surface area contributed by atoms with E-state index >= 15 is 0 Å². The van der Waals surface area contributed by atoms with E-state index in [-0.39, 0.29) is 5.69 Å². The van der Waals surface area contributed by atoms with Crippen LogP contribution in [0.25, 0.3) is 28.0 Å². The fourth-order valence-corrected chi connectivity index (χ4v) is 3.72. The molecule has 3 heterocycles. The van der Waals surface area contributed by atoms with Crippen LogP contribution in [0.4, 0.5) is 0 Å². The third-order valence-electron chi connectivity index (χ3n) is 4.98. The van der Waals surface area contributed by atoms with Crippen LogP contribution in [0.1, 0.15) is 34.5 Å². The lowest BCUT2D eigenvalue weighted by atomic mass is 10.1. The maximum absolute atomic E-state index is 12.0. The third kappa shape index (κ3) is 2.67. The van der Waals surface area contributed by atoms with Gasteiger partial charge in [0.2, 0.25) is 0 Å². The Labute approximate surface area is 162 Å². The van der Waals surface area contributed by atoms with E-state index in [2.05, 4.69) is 10.2 Å². The first-order chi connectivity index (χ1) is 13.4. The van der Waals surface area contributed by atoms with Crippen LogP contribution >= 0.6 is 0 Å². The number of fused-ring (bicyclic) bond motifs is 1. The van der Waals surface area contributed by atoms with Crippen molar-refractivity contribution in [2.75, 3.05) is 0 Å². The first-order valence-corrected chi connectivity index (χ1v) is 9.15. The first-order valence-electron chi connectivity index (χ1n) is 9.15. The summed E-state index contributed by atoms with van der Waals surface area (Å²) in [4.78, 5) is 16.8. The molecule has 0 bridgehead atoms. The molecule has 0 fully saturated rings. The average molecular weight is 375 g/mol. The molecule has 0 radical (unpaired) electrons. The van der Waals surface area contributed by atoms with Crippen molar-refractivity contribution in [1.82, 2.24) is 24.4 Å². The quantitative estimate of drug-likeness (QED) is 0.585. The van der Waals surface area contributed by atoms with Gasteiger partial charge in [-0.3, -0.25) is 4.68 Å². The molecule has 0 aliphatic carbocycles. The number of rotatable bonds is 4. The number of hydrogen-bond acceptors (Lipinski definition) is 4. The molecule has 0 saturated carbocycles. The number of aromatic nitrogens is 5. The highest BCUT2D eigenvalue weighted by Crippen LogP contribution is 2.32. The monoisotopic (exact) mass is 375 g/mol. The van der Waals surface area contributed by atoms with Gasteiger partial charge in [-0.05, 0) is 39.3 Å². The maximum Gasteiger partial charge on any atom is 0.354 e. The summed E-state index contributed by atoms with van der Waals surface area (Å²) in [5.74, 6) is -1.05. The van der Waals surface area contributed by atoms with Gasteiger partial charge in [0.1, 0.15) is 0 Å². The molecule has 142 valence electrons. The molecule has 0 spiro atoms. The van der Waals surface area contributed by atoms with Crippen LogP contribution in [0.5, 0.6) is 0 Å². The van der Waals surface area contributed by atoms with Crippen molar-refractivity contribution in [3.63, 3.8) is 0 Å². The van der Waals surface area contributed by atoms with Crippen molar-refractivity contribution in [2.45, 2.75) is 34.2 Å². The Kier molecular flexibility index (Phi) is 4.22. The van der Waals surface area contributed by atoms with Gasteiger partial charge in [0.05, 0.1) is 17.1 Å². The zero-order valence-corrected chi connectivity index (χ0v) is 16.3. The Balaban J connectivity index is 2.08. The van der Waals surface area contributed by atoms with Crippen LogP contribution in [0.2, 0.25) is 0 Å². The highest BCUT2D eigenvalue weighted by atomic mass is 16.4. The van der Waals surface area contributed by atoms with E-state index in [0.717, 1.165) is 40.3 Å². The number of nitrogens with zero attached hydrogens (tertiary/aromatic N) is 5. The molecule has 4 aromatic rings. The highest BCUT2D eigenvalue weighted by Gasteiger charge is 2.22. The molecule has 0 atom stereocenters. The summed E-state index contributed by atoms with van der Waals surface area (Å²) in [7, 11) is 0. The van der Waals surface area contributed by atoms with Gasteiger partial charge in [-0.2, -0.15) is 10.2 Å². The van der Waals surface area contributed by atoms with Crippen molar-refractivity contribution < 1.29 is 9.90 Å². The molecule has 3 aromatic heterocycles. The Morgan fingerprint density at radius 2 is 1.71 bits per heavy atom.